The zero-order chi connectivity index (χ0) is 18.4. The average molecular weight is 375 g/mol. The summed E-state index contributed by atoms with van der Waals surface area (Å²) in [7, 11) is 0. The molecule has 0 saturated heterocycles. The summed E-state index contributed by atoms with van der Waals surface area (Å²) in [6.07, 6.45) is 7.48. The number of nitrogens with one attached hydrogen (secondary N) is 1. The zero-order valence-electron chi connectivity index (χ0n) is 14.9. The van der Waals surface area contributed by atoms with Gasteiger partial charge >= 0.3 is 5.97 Å². The van der Waals surface area contributed by atoms with E-state index in [4.69, 9.17) is 0 Å². The molecule has 140 valence electrons. The number of nitrogens with zero attached hydrogens (tertiary/aromatic N) is 1. The molecule has 1 aromatic carbocycles. The van der Waals surface area contributed by atoms with Crippen LogP contribution in [-0.4, -0.2) is 28.0 Å². The Morgan fingerprint density at radius 3 is 2.69 bits per heavy atom. The van der Waals surface area contributed by atoms with Gasteiger partial charge in [-0.2, -0.15) is 0 Å². The van der Waals surface area contributed by atoms with E-state index in [0.717, 1.165) is 55.5 Å². The van der Waals surface area contributed by atoms with Crippen molar-refractivity contribution in [2.75, 3.05) is 0 Å². The largest absolute Gasteiger partial charge is 0.481 e. The van der Waals surface area contributed by atoms with Crippen molar-refractivity contribution in [2.45, 2.75) is 63.8 Å². The minimum atomic E-state index is -0.785. The number of rotatable bonds is 6. The summed E-state index contributed by atoms with van der Waals surface area (Å²) in [6.45, 7) is 0. The summed E-state index contributed by atoms with van der Waals surface area (Å²) in [5, 5.41) is 13.5. The van der Waals surface area contributed by atoms with Crippen LogP contribution in [0.5, 0.6) is 0 Å². The van der Waals surface area contributed by atoms with Crippen LogP contribution < -0.4 is 5.32 Å². The van der Waals surface area contributed by atoms with E-state index in [9.17, 15) is 14.7 Å². The molecule has 0 radical (unpaired) electrons. The van der Waals surface area contributed by atoms with E-state index in [-0.39, 0.29) is 11.9 Å². The van der Waals surface area contributed by atoms with Gasteiger partial charge in [-0.05, 0) is 37.8 Å². The predicted molar refractivity (Wildman–Crippen MR) is 103 cm³/mol. The number of fused-ring (bicyclic) bond motifs is 1. The number of benzene rings is 1. The molecule has 5 nitrogen and oxygen atoms in total. The number of carboxylic acids is 1. The monoisotopic (exact) mass is 374 g/mol. The lowest BCUT2D eigenvalue weighted by Gasteiger charge is -2.27. The second-order valence-electron chi connectivity index (χ2n) is 7.04. The Balaban J connectivity index is 1.49. The molecule has 1 aliphatic rings. The molecule has 6 heteroatoms. The molecule has 0 spiro atoms. The van der Waals surface area contributed by atoms with Crippen LogP contribution in [0.1, 0.15) is 56.4 Å². The SMILES string of the molecule is O=C(CCCc1nc2ccccc2s1)NC1CCCCCCC1C(=O)O. The van der Waals surface area contributed by atoms with E-state index in [0.29, 0.717) is 12.8 Å². The van der Waals surface area contributed by atoms with Crippen LogP contribution in [0, 0.1) is 5.92 Å². The van der Waals surface area contributed by atoms with Crippen LogP contribution in [0.25, 0.3) is 10.2 Å². The molecule has 26 heavy (non-hydrogen) atoms. The zero-order valence-corrected chi connectivity index (χ0v) is 15.8. The standard InChI is InChI=1S/C20H26N2O3S/c23-18(21-15-9-4-2-1-3-8-14(15)20(24)25)12-7-13-19-22-16-10-5-6-11-17(16)26-19/h5-6,10-11,14-15H,1-4,7-9,12-13H2,(H,21,23)(H,24,25). The predicted octanol–water partition coefficient (Wildman–Crippen LogP) is 4.16. The molecule has 1 amide bonds. The maximum Gasteiger partial charge on any atom is 0.308 e. The molecule has 3 rings (SSSR count). The second kappa shape index (κ2) is 9.12. The molecule has 1 fully saturated rings. The first kappa shape index (κ1) is 18.8. The Kier molecular flexibility index (Phi) is 6.61. The Morgan fingerprint density at radius 2 is 1.92 bits per heavy atom. The van der Waals surface area contributed by atoms with Crippen LogP contribution in [0.3, 0.4) is 0 Å². The fraction of sp³-hybridized carbons (Fsp3) is 0.550. The van der Waals surface area contributed by atoms with Crippen molar-refractivity contribution in [1.82, 2.24) is 10.3 Å². The van der Waals surface area contributed by atoms with Crippen molar-refractivity contribution < 1.29 is 14.7 Å². The molecule has 1 aliphatic carbocycles. The van der Waals surface area contributed by atoms with Crippen molar-refractivity contribution in [3.8, 4) is 0 Å². The van der Waals surface area contributed by atoms with Crippen molar-refractivity contribution in [2.24, 2.45) is 5.92 Å². The number of thiazole rings is 1. The number of carbonyl (C=O) groups is 2. The summed E-state index contributed by atoms with van der Waals surface area (Å²) < 4.78 is 1.17. The van der Waals surface area contributed by atoms with Gasteiger partial charge < -0.3 is 10.4 Å². The van der Waals surface area contributed by atoms with Crippen molar-refractivity contribution in [3.05, 3.63) is 29.3 Å². The van der Waals surface area contributed by atoms with E-state index in [1.165, 1.54) is 4.70 Å². The average Bonchev–Trinajstić information content (AvgIpc) is 2.99. The number of para-hydroxylation sites is 1. The van der Waals surface area contributed by atoms with Crippen molar-refractivity contribution in [1.29, 1.82) is 0 Å². The number of hydrogen-bond donors (Lipinski definition) is 2. The minimum absolute atomic E-state index is 0.0389. The lowest BCUT2D eigenvalue weighted by atomic mass is 9.86. The fourth-order valence-electron chi connectivity index (χ4n) is 3.66. The third-order valence-corrected chi connectivity index (χ3v) is 6.16. The van der Waals surface area contributed by atoms with Gasteiger partial charge in [-0.1, -0.05) is 37.8 Å². The Morgan fingerprint density at radius 1 is 1.15 bits per heavy atom. The number of carbonyl (C=O) groups excluding carboxylic acids is 1. The van der Waals surface area contributed by atoms with E-state index < -0.39 is 11.9 Å². The Bertz CT molecular complexity index is 725. The van der Waals surface area contributed by atoms with Gasteiger partial charge in [-0.25, -0.2) is 4.98 Å². The number of aliphatic carboxylic acids is 1. The second-order valence-corrected chi connectivity index (χ2v) is 8.15. The van der Waals surface area contributed by atoms with Gasteiger partial charge in [0.1, 0.15) is 0 Å². The van der Waals surface area contributed by atoms with Gasteiger partial charge in [0.25, 0.3) is 0 Å². The van der Waals surface area contributed by atoms with E-state index in [1.54, 1.807) is 11.3 Å². The first-order valence-electron chi connectivity index (χ1n) is 9.50. The van der Waals surface area contributed by atoms with Crippen LogP contribution in [0.4, 0.5) is 0 Å². The third-order valence-electron chi connectivity index (χ3n) is 5.06. The summed E-state index contributed by atoms with van der Waals surface area (Å²) in [4.78, 5) is 28.4. The molecule has 2 aromatic rings. The maximum atomic E-state index is 12.3. The molecular formula is C20H26N2O3S. The first-order chi connectivity index (χ1) is 12.6. The van der Waals surface area contributed by atoms with Gasteiger partial charge in [0.2, 0.25) is 5.91 Å². The van der Waals surface area contributed by atoms with Gasteiger partial charge in [0.05, 0.1) is 21.1 Å². The Labute approximate surface area is 157 Å². The molecule has 1 heterocycles. The summed E-state index contributed by atoms with van der Waals surface area (Å²) in [5.41, 5.74) is 1.01. The highest BCUT2D eigenvalue weighted by Crippen LogP contribution is 2.24. The first-order valence-corrected chi connectivity index (χ1v) is 10.3. The molecule has 2 atom stereocenters. The van der Waals surface area contributed by atoms with Crippen LogP contribution in [0.2, 0.25) is 0 Å². The Hall–Kier alpha value is -1.95. The topological polar surface area (TPSA) is 79.3 Å². The van der Waals surface area contributed by atoms with E-state index >= 15 is 0 Å². The smallest absolute Gasteiger partial charge is 0.308 e. The summed E-state index contributed by atoms with van der Waals surface area (Å²) in [6, 6.07) is 7.81. The summed E-state index contributed by atoms with van der Waals surface area (Å²) >= 11 is 1.67. The number of carboxylic acid groups (broad SMARTS) is 1. The molecule has 0 bridgehead atoms. The molecule has 2 unspecified atom stereocenters. The highest BCUT2D eigenvalue weighted by molar-refractivity contribution is 7.18. The number of aryl methyl sites for hydroxylation is 1. The quantitative estimate of drug-likeness (QED) is 0.796. The fourth-order valence-corrected chi connectivity index (χ4v) is 4.67. The lowest BCUT2D eigenvalue weighted by molar-refractivity contribution is -0.143. The number of hydrogen-bond acceptors (Lipinski definition) is 4. The third kappa shape index (κ3) is 5.04. The highest BCUT2D eigenvalue weighted by atomic mass is 32.1. The van der Waals surface area contributed by atoms with Gasteiger partial charge in [-0.3, -0.25) is 9.59 Å². The van der Waals surface area contributed by atoms with Gasteiger partial charge in [0, 0.05) is 12.5 Å². The summed E-state index contributed by atoms with van der Waals surface area (Å²) in [5.74, 6) is -1.28. The van der Waals surface area contributed by atoms with Crippen molar-refractivity contribution in [3.63, 3.8) is 0 Å². The molecular weight excluding hydrogens is 348 g/mol. The normalized spacial score (nSPS) is 21.1. The van der Waals surface area contributed by atoms with Gasteiger partial charge in [0.15, 0.2) is 0 Å². The van der Waals surface area contributed by atoms with E-state index in [2.05, 4.69) is 16.4 Å². The molecule has 1 saturated carbocycles. The molecule has 1 aromatic heterocycles. The van der Waals surface area contributed by atoms with Gasteiger partial charge in [-0.15, -0.1) is 11.3 Å². The van der Waals surface area contributed by atoms with Crippen LogP contribution in [0.15, 0.2) is 24.3 Å². The van der Waals surface area contributed by atoms with Crippen LogP contribution >= 0.6 is 11.3 Å². The molecule has 2 N–H and O–H groups in total. The molecule has 0 aliphatic heterocycles. The lowest BCUT2D eigenvalue weighted by Crippen LogP contribution is -2.43. The van der Waals surface area contributed by atoms with Crippen LogP contribution in [-0.2, 0) is 16.0 Å². The number of aromatic nitrogens is 1. The van der Waals surface area contributed by atoms with Crippen molar-refractivity contribution >= 4 is 33.4 Å². The highest BCUT2D eigenvalue weighted by Gasteiger charge is 2.29. The van der Waals surface area contributed by atoms with E-state index in [1.807, 2.05) is 18.2 Å². The number of amides is 1. The minimum Gasteiger partial charge on any atom is -0.481 e. The maximum absolute atomic E-state index is 12.3.